The first-order valence-corrected chi connectivity index (χ1v) is 8.41. The van der Waals surface area contributed by atoms with Crippen LogP contribution in [0.2, 0.25) is 0 Å². The number of carbonyl (C=O) groups excluding carboxylic acids is 1. The predicted molar refractivity (Wildman–Crippen MR) is 78.5 cm³/mol. The number of likely N-dealkylation sites (N-methyl/N-ethyl adjacent to an activating group) is 1. The van der Waals surface area contributed by atoms with Gasteiger partial charge in [0.15, 0.2) is 9.84 Å². The Morgan fingerprint density at radius 1 is 1.38 bits per heavy atom. The van der Waals surface area contributed by atoms with Crippen LogP contribution < -0.4 is 5.73 Å². The summed E-state index contributed by atoms with van der Waals surface area (Å²) in [6, 6.07) is 4.45. The largest absolute Gasteiger partial charge is 0.369 e. The standard InChI is InChI=1S/C13H16N4O3S/c1-16-7-6-9(12(16)18)17-8-4-3-5-10(21(2,19)20)11(8)15-13(17)14/h3-5,9H,6-7H2,1-2H3,(H2,14,15). The van der Waals surface area contributed by atoms with E-state index in [1.54, 1.807) is 28.6 Å². The van der Waals surface area contributed by atoms with Gasteiger partial charge in [-0.15, -0.1) is 0 Å². The van der Waals surface area contributed by atoms with Gasteiger partial charge in [0, 0.05) is 19.8 Å². The van der Waals surface area contributed by atoms with Gasteiger partial charge in [-0.1, -0.05) is 6.07 Å². The highest BCUT2D eigenvalue weighted by Crippen LogP contribution is 2.32. The summed E-state index contributed by atoms with van der Waals surface area (Å²) in [4.78, 5) is 18.1. The van der Waals surface area contributed by atoms with Gasteiger partial charge in [-0.05, 0) is 18.6 Å². The molecule has 21 heavy (non-hydrogen) atoms. The topological polar surface area (TPSA) is 98.3 Å². The van der Waals surface area contributed by atoms with Gasteiger partial charge in [-0.2, -0.15) is 0 Å². The van der Waals surface area contributed by atoms with E-state index in [0.29, 0.717) is 24.0 Å². The maximum absolute atomic E-state index is 12.2. The van der Waals surface area contributed by atoms with Crippen molar-refractivity contribution in [3.63, 3.8) is 0 Å². The van der Waals surface area contributed by atoms with Crippen molar-refractivity contribution in [1.82, 2.24) is 14.5 Å². The number of anilines is 1. The van der Waals surface area contributed by atoms with E-state index < -0.39 is 15.9 Å². The Morgan fingerprint density at radius 3 is 2.67 bits per heavy atom. The smallest absolute Gasteiger partial charge is 0.245 e. The van der Waals surface area contributed by atoms with Crippen LogP contribution in [-0.2, 0) is 14.6 Å². The maximum Gasteiger partial charge on any atom is 0.245 e. The minimum absolute atomic E-state index is 0.0363. The van der Waals surface area contributed by atoms with Gasteiger partial charge in [0.05, 0.1) is 10.4 Å². The van der Waals surface area contributed by atoms with Gasteiger partial charge in [0.25, 0.3) is 0 Å². The fourth-order valence-electron chi connectivity index (χ4n) is 2.78. The van der Waals surface area contributed by atoms with Crippen molar-refractivity contribution >= 4 is 32.7 Å². The number of nitrogen functional groups attached to an aromatic ring is 1. The van der Waals surface area contributed by atoms with Gasteiger partial charge in [0.2, 0.25) is 11.9 Å². The molecule has 1 aromatic carbocycles. The lowest BCUT2D eigenvalue weighted by Gasteiger charge is -2.14. The molecule has 0 radical (unpaired) electrons. The van der Waals surface area contributed by atoms with Crippen LogP contribution in [0.4, 0.5) is 5.95 Å². The molecule has 1 unspecified atom stereocenters. The van der Waals surface area contributed by atoms with Crippen molar-refractivity contribution in [3.05, 3.63) is 18.2 Å². The quantitative estimate of drug-likeness (QED) is 0.867. The molecule has 0 bridgehead atoms. The van der Waals surface area contributed by atoms with Crippen LogP contribution in [0.1, 0.15) is 12.5 Å². The van der Waals surface area contributed by atoms with Crippen LogP contribution in [0.25, 0.3) is 11.0 Å². The summed E-state index contributed by atoms with van der Waals surface area (Å²) in [6.45, 7) is 0.647. The van der Waals surface area contributed by atoms with Crippen molar-refractivity contribution in [2.24, 2.45) is 0 Å². The minimum Gasteiger partial charge on any atom is -0.369 e. The molecule has 112 valence electrons. The highest BCUT2D eigenvalue weighted by atomic mass is 32.2. The van der Waals surface area contributed by atoms with E-state index in [-0.39, 0.29) is 16.8 Å². The van der Waals surface area contributed by atoms with Gasteiger partial charge in [0.1, 0.15) is 11.6 Å². The second-order valence-corrected chi connectivity index (χ2v) is 7.28. The Labute approximate surface area is 122 Å². The van der Waals surface area contributed by atoms with Crippen molar-refractivity contribution in [2.75, 3.05) is 25.6 Å². The molecule has 1 aromatic heterocycles. The van der Waals surface area contributed by atoms with E-state index >= 15 is 0 Å². The molecule has 7 nitrogen and oxygen atoms in total. The average Bonchev–Trinajstić information content (AvgIpc) is 2.88. The van der Waals surface area contributed by atoms with Crippen molar-refractivity contribution in [3.8, 4) is 0 Å². The zero-order chi connectivity index (χ0) is 15.4. The fourth-order valence-corrected chi connectivity index (χ4v) is 3.61. The predicted octanol–water partition coefficient (Wildman–Crippen LogP) is 0.425. The Bertz CT molecular complexity index is 840. The molecule has 0 saturated carbocycles. The molecule has 0 aliphatic carbocycles. The molecular weight excluding hydrogens is 292 g/mol. The van der Waals surface area contributed by atoms with E-state index in [0.717, 1.165) is 6.26 Å². The van der Waals surface area contributed by atoms with E-state index in [4.69, 9.17) is 5.73 Å². The first-order chi connectivity index (χ1) is 9.80. The van der Waals surface area contributed by atoms with E-state index in [2.05, 4.69) is 4.98 Å². The number of hydrogen-bond acceptors (Lipinski definition) is 5. The Balaban J connectivity index is 2.27. The summed E-state index contributed by atoms with van der Waals surface area (Å²) in [7, 11) is -1.67. The number of nitrogens with zero attached hydrogens (tertiary/aromatic N) is 3. The zero-order valence-corrected chi connectivity index (χ0v) is 12.6. The molecule has 2 aromatic rings. The Kier molecular flexibility index (Phi) is 2.94. The molecule has 1 aliphatic heterocycles. The number of carbonyl (C=O) groups is 1. The zero-order valence-electron chi connectivity index (χ0n) is 11.8. The third-order valence-electron chi connectivity index (χ3n) is 3.82. The summed E-state index contributed by atoms with van der Waals surface area (Å²) in [5.74, 6) is 0.125. The molecule has 3 rings (SSSR count). The Hall–Kier alpha value is -2.09. The number of amides is 1. The average molecular weight is 308 g/mol. The molecule has 8 heteroatoms. The number of para-hydroxylation sites is 1. The molecule has 1 amide bonds. The summed E-state index contributed by atoms with van der Waals surface area (Å²) < 4.78 is 25.3. The molecular formula is C13H16N4O3S. The number of aromatic nitrogens is 2. The van der Waals surface area contributed by atoms with Crippen LogP contribution in [0.15, 0.2) is 23.1 Å². The molecule has 2 N–H and O–H groups in total. The van der Waals surface area contributed by atoms with Crippen LogP contribution >= 0.6 is 0 Å². The number of sulfone groups is 1. The highest BCUT2D eigenvalue weighted by molar-refractivity contribution is 7.91. The van der Waals surface area contributed by atoms with Crippen molar-refractivity contribution < 1.29 is 13.2 Å². The molecule has 2 heterocycles. The second kappa shape index (κ2) is 4.45. The van der Waals surface area contributed by atoms with Crippen LogP contribution in [-0.4, -0.2) is 48.6 Å². The lowest BCUT2D eigenvalue weighted by Crippen LogP contribution is -2.25. The Morgan fingerprint density at radius 2 is 2.10 bits per heavy atom. The number of likely N-dealkylation sites (tertiary alicyclic amines) is 1. The summed E-state index contributed by atoms with van der Waals surface area (Å²) >= 11 is 0. The van der Waals surface area contributed by atoms with Gasteiger partial charge < -0.3 is 10.6 Å². The first-order valence-electron chi connectivity index (χ1n) is 6.52. The summed E-state index contributed by atoms with van der Waals surface area (Å²) in [5.41, 5.74) is 6.83. The lowest BCUT2D eigenvalue weighted by molar-refractivity contribution is -0.129. The number of hydrogen-bond donors (Lipinski definition) is 1. The van der Waals surface area contributed by atoms with E-state index in [9.17, 15) is 13.2 Å². The summed E-state index contributed by atoms with van der Waals surface area (Å²) in [6.07, 6.45) is 1.76. The maximum atomic E-state index is 12.2. The fraction of sp³-hybridized carbons (Fsp3) is 0.385. The number of fused-ring (bicyclic) bond motifs is 1. The number of imidazole rings is 1. The molecule has 0 spiro atoms. The molecule has 1 fully saturated rings. The number of nitrogens with two attached hydrogens (primary N) is 1. The van der Waals surface area contributed by atoms with Gasteiger partial charge >= 0.3 is 0 Å². The minimum atomic E-state index is -3.41. The SMILES string of the molecule is CN1CCC(n2c(N)nc3c(S(C)(=O)=O)cccc32)C1=O. The van der Waals surface area contributed by atoms with Crippen molar-refractivity contribution in [1.29, 1.82) is 0 Å². The van der Waals surface area contributed by atoms with Gasteiger partial charge in [-0.3, -0.25) is 9.36 Å². The monoisotopic (exact) mass is 308 g/mol. The number of benzene rings is 1. The highest BCUT2D eigenvalue weighted by Gasteiger charge is 2.33. The van der Waals surface area contributed by atoms with Crippen molar-refractivity contribution in [2.45, 2.75) is 17.4 Å². The molecule has 1 atom stereocenters. The number of rotatable bonds is 2. The van der Waals surface area contributed by atoms with Crippen LogP contribution in [0.5, 0.6) is 0 Å². The lowest BCUT2D eigenvalue weighted by atomic mass is 10.2. The second-order valence-electron chi connectivity index (χ2n) is 5.30. The molecule has 1 saturated heterocycles. The van der Waals surface area contributed by atoms with Crippen LogP contribution in [0.3, 0.4) is 0 Å². The normalized spacial score (nSPS) is 19.6. The van der Waals surface area contributed by atoms with E-state index in [1.165, 1.54) is 6.07 Å². The van der Waals surface area contributed by atoms with Gasteiger partial charge in [-0.25, -0.2) is 13.4 Å². The van der Waals surface area contributed by atoms with Crippen LogP contribution in [0, 0.1) is 0 Å². The molecule has 1 aliphatic rings. The third-order valence-corrected chi connectivity index (χ3v) is 4.95. The summed E-state index contributed by atoms with van der Waals surface area (Å²) in [5, 5.41) is 0. The third kappa shape index (κ3) is 2.06. The van der Waals surface area contributed by atoms with E-state index in [1.807, 2.05) is 0 Å². The first kappa shape index (κ1) is 13.9.